The van der Waals surface area contributed by atoms with E-state index in [-0.39, 0.29) is 0 Å². The van der Waals surface area contributed by atoms with Gasteiger partial charge in [0.2, 0.25) is 0 Å². The quantitative estimate of drug-likeness (QED) is 0.708. The van der Waals surface area contributed by atoms with Crippen LogP contribution in [0.15, 0.2) is 78.9 Å². The van der Waals surface area contributed by atoms with Crippen molar-refractivity contribution in [1.82, 2.24) is 0 Å². The van der Waals surface area contributed by atoms with Gasteiger partial charge in [0.1, 0.15) is 0 Å². The SMILES string of the molecule is CB1c2ccccc2N(c2ccccc2)C2C=CC=CC12. The summed E-state index contributed by atoms with van der Waals surface area (Å²) in [7, 11) is 0. The Morgan fingerprint density at radius 2 is 1.57 bits per heavy atom. The van der Waals surface area contributed by atoms with Crippen LogP contribution in [0.4, 0.5) is 11.4 Å². The molecule has 21 heavy (non-hydrogen) atoms. The molecule has 0 N–H and O–H groups in total. The molecule has 0 spiro atoms. The van der Waals surface area contributed by atoms with Gasteiger partial charge in [0, 0.05) is 11.4 Å². The molecule has 2 atom stereocenters. The maximum absolute atomic E-state index is 2.49. The third-order valence-electron chi connectivity index (χ3n) is 4.74. The zero-order chi connectivity index (χ0) is 14.2. The van der Waals surface area contributed by atoms with Gasteiger partial charge in [0.15, 0.2) is 6.71 Å². The molecule has 2 unspecified atom stereocenters. The summed E-state index contributed by atoms with van der Waals surface area (Å²) in [5, 5.41) is 0. The topological polar surface area (TPSA) is 3.24 Å². The van der Waals surface area contributed by atoms with E-state index in [1.54, 1.807) is 0 Å². The van der Waals surface area contributed by atoms with Crippen LogP contribution in [0.3, 0.4) is 0 Å². The van der Waals surface area contributed by atoms with Crippen molar-refractivity contribution in [1.29, 1.82) is 0 Å². The van der Waals surface area contributed by atoms with Crippen molar-refractivity contribution in [2.24, 2.45) is 0 Å². The van der Waals surface area contributed by atoms with Crippen molar-refractivity contribution in [3.05, 3.63) is 78.9 Å². The van der Waals surface area contributed by atoms with E-state index in [0.29, 0.717) is 18.6 Å². The average molecular weight is 271 g/mol. The summed E-state index contributed by atoms with van der Waals surface area (Å²) in [4.78, 5) is 2.49. The van der Waals surface area contributed by atoms with Crippen LogP contribution in [0.2, 0.25) is 12.6 Å². The molecule has 1 aliphatic heterocycles. The minimum atomic E-state index is 0.405. The van der Waals surface area contributed by atoms with E-state index in [1.807, 2.05) is 0 Å². The highest BCUT2D eigenvalue weighted by molar-refractivity contribution is 6.76. The summed E-state index contributed by atoms with van der Waals surface area (Å²) in [6.45, 7) is 2.90. The van der Waals surface area contributed by atoms with Gasteiger partial charge in [0.25, 0.3) is 0 Å². The Hall–Kier alpha value is -2.22. The molecule has 102 valence electrons. The molecule has 0 amide bonds. The standard InChI is InChI=1S/C19H18BN/c1-20-16-11-5-7-13-18(16)21(15-9-3-2-4-10-15)19-14-8-6-12-17(19)20/h2-14,16,18H,1H3. The second kappa shape index (κ2) is 4.96. The highest BCUT2D eigenvalue weighted by Gasteiger charge is 2.39. The fourth-order valence-corrected chi connectivity index (χ4v) is 3.69. The number of rotatable bonds is 1. The smallest absolute Gasteiger partial charge is 0.185 e. The van der Waals surface area contributed by atoms with Crippen molar-refractivity contribution in [3.8, 4) is 0 Å². The largest absolute Gasteiger partial charge is 0.335 e. The van der Waals surface area contributed by atoms with Gasteiger partial charge in [-0.15, -0.1) is 0 Å². The van der Waals surface area contributed by atoms with Crippen LogP contribution in [-0.4, -0.2) is 12.8 Å². The van der Waals surface area contributed by atoms with Crippen molar-refractivity contribution in [2.75, 3.05) is 4.90 Å². The Bertz CT molecular complexity index is 705. The molecule has 0 saturated heterocycles. The molecule has 0 radical (unpaired) electrons. The van der Waals surface area contributed by atoms with Crippen LogP contribution in [-0.2, 0) is 0 Å². The van der Waals surface area contributed by atoms with Crippen LogP contribution in [0.25, 0.3) is 0 Å². The van der Waals surface area contributed by atoms with Crippen molar-refractivity contribution >= 4 is 23.6 Å². The maximum atomic E-state index is 2.49. The van der Waals surface area contributed by atoms with Crippen LogP contribution in [0, 0.1) is 0 Å². The Morgan fingerprint density at radius 1 is 0.857 bits per heavy atom. The lowest BCUT2D eigenvalue weighted by atomic mass is 9.35. The van der Waals surface area contributed by atoms with E-state index in [9.17, 15) is 0 Å². The van der Waals surface area contributed by atoms with Crippen molar-refractivity contribution in [2.45, 2.75) is 18.7 Å². The van der Waals surface area contributed by atoms with Gasteiger partial charge >= 0.3 is 0 Å². The lowest BCUT2D eigenvalue weighted by Crippen LogP contribution is -2.51. The second-order valence-corrected chi connectivity index (χ2v) is 5.89. The van der Waals surface area contributed by atoms with E-state index in [4.69, 9.17) is 0 Å². The molecule has 0 bridgehead atoms. The number of fused-ring (bicyclic) bond motifs is 2. The first kappa shape index (κ1) is 12.5. The van der Waals surface area contributed by atoms with Gasteiger partial charge < -0.3 is 4.90 Å². The summed E-state index contributed by atoms with van der Waals surface area (Å²) in [5.41, 5.74) is 4.06. The van der Waals surface area contributed by atoms with Gasteiger partial charge in [-0.25, -0.2) is 0 Å². The van der Waals surface area contributed by atoms with Crippen LogP contribution < -0.4 is 10.4 Å². The molecule has 2 aromatic rings. The highest BCUT2D eigenvalue weighted by Crippen LogP contribution is 2.39. The predicted octanol–water partition coefficient (Wildman–Crippen LogP) is 4.03. The third kappa shape index (κ3) is 1.94. The number of para-hydroxylation sites is 2. The number of nitrogens with zero attached hydrogens (tertiary/aromatic N) is 1. The van der Waals surface area contributed by atoms with Gasteiger partial charge in [-0.2, -0.15) is 0 Å². The molecule has 0 saturated carbocycles. The third-order valence-corrected chi connectivity index (χ3v) is 4.74. The molecular formula is C19H18BN. The second-order valence-electron chi connectivity index (χ2n) is 5.89. The van der Waals surface area contributed by atoms with Gasteiger partial charge in [-0.3, -0.25) is 0 Å². The van der Waals surface area contributed by atoms with Crippen LogP contribution >= 0.6 is 0 Å². The Morgan fingerprint density at radius 3 is 2.43 bits per heavy atom. The first-order chi connectivity index (χ1) is 10.4. The molecule has 1 heterocycles. The Kier molecular flexibility index (Phi) is 2.96. The van der Waals surface area contributed by atoms with E-state index in [1.165, 1.54) is 16.8 Å². The highest BCUT2D eigenvalue weighted by atomic mass is 15.2. The average Bonchev–Trinajstić information content (AvgIpc) is 2.56. The monoisotopic (exact) mass is 271 g/mol. The molecule has 2 heteroatoms. The zero-order valence-electron chi connectivity index (χ0n) is 12.2. The summed E-state index contributed by atoms with van der Waals surface area (Å²) >= 11 is 0. The predicted molar refractivity (Wildman–Crippen MR) is 92.1 cm³/mol. The van der Waals surface area contributed by atoms with E-state index in [0.717, 1.165) is 0 Å². The van der Waals surface area contributed by atoms with Gasteiger partial charge in [-0.1, -0.05) is 73.0 Å². The number of hydrogen-bond acceptors (Lipinski definition) is 1. The summed E-state index contributed by atoms with van der Waals surface area (Å²) < 4.78 is 0. The zero-order valence-corrected chi connectivity index (χ0v) is 12.2. The number of hydrogen-bond donors (Lipinski definition) is 0. The molecule has 2 aromatic carbocycles. The minimum Gasteiger partial charge on any atom is -0.335 e. The normalized spacial score (nSPS) is 22.9. The minimum absolute atomic E-state index is 0.405. The molecule has 0 aromatic heterocycles. The van der Waals surface area contributed by atoms with Crippen molar-refractivity contribution in [3.63, 3.8) is 0 Å². The fourth-order valence-electron chi connectivity index (χ4n) is 3.69. The van der Waals surface area contributed by atoms with Gasteiger partial charge in [0.05, 0.1) is 6.04 Å². The first-order valence-corrected chi connectivity index (χ1v) is 7.64. The van der Waals surface area contributed by atoms with Gasteiger partial charge in [-0.05, 0) is 24.0 Å². The molecule has 4 rings (SSSR count). The number of benzene rings is 2. The van der Waals surface area contributed by atoms with E-state index >= 15 is 0 Å². The summed E-state index contributed by atoms with van der Waals surface area (Å²) in [6.07, 6.45) is 9.07. The number of anilines is 2. The molecule has 0 fully saturated rings. The summed E-state index contributed by atoms with van der Waals surface area (Å²) in [5.74, 6) is 0.533. The maximum Gasteiger partial charge on any atom is 0.185 e. The van der Waals surface area contributed by atoms with Crippen LogP contribution in [0.5, 0.6) is 0 Å². The van der Waals surface area contributed by atoms with E-state index < -0.39 is 0 Å². The van der Waals surface area contributed by atoms with Crippen molar-refractivity contribution < 1.29 is 0 Å². The molecule has 1 aliphatic carbocycles. The number of allylic oxidation sites excluding steroid dienone is 2. The Labute approximate surface area is 126 Å². The molecular weight excluding hydrogens is 253 g/mol. The summed E-state index contributed by atoms with van der Waals surface area (Å²) in [6, 6.07) is 20.0. The fraction of sp³-hybridized carbons (Fsp3) is 0.158. The van der Waals surface area contributed by atoms with E-state index in [2.05, 4.69) is 90.6 Å². The molecule has 1 nitrogen and oxygen atoms in total. The first-order valence-electron chi connectivity index (χ1n) is 7.64. The Balaban J connectivity index is 1.92. The lowest BCUT2D eigenvalue weighted by Gasteiger charge is -2.44. The molecule has 2 aliphatic rings. The van der Waals surface area contributed by atoms with Crippen LogP contribution in [0.1, 0.15) is 0 Å². The lowest BCUT2D eigenvalue weighted by molar-refractivity contribution is 0.764.